The topological polar surface area (TPSA) is 74.8 Å². The highest BCUT2D eigenvalue weighted by Crippen LogP contribution is 2.38. The molecule has 7 nitrogen and oxygen atoms in total. The molecule has 1 aromatic heterocycles. The SMILES string of the molecule is Cc1nnc(N2CCC(C(=O)N3N=CCC3c3cc(F)cc(F)c3)CC2(C)C)o1. The maximum absolute atomic E-state index is 13.7. The number of hydrazone groups is 1. The largest absolute Gasteiger partial charge is 0.408 e. The fourth-order valence-corrected chi connectivity index (χ4v) is 4.22. The van der Waals surface area contributed by atoms with E-state index in [0.29, 0.717) is 43.3 Å². The van der Waals surface area contributed by atoms with E-state index < -0.39 is 17.7 Å². The van der Waals surface area contributed by atoms with Gasteiger partial charge in [0.15, 0.2) is 0 Å². The minimum Gasteiger partial charge on any atom is -0.408 e. The molecule has 2 atom stereocenters. The summed E-state index contributed by atoms with van der Waals surface area (Å²) in [6, 6.07) is 3.29. The van der Waals surface area contributed by atoms with E-state index in [0.717, 1.165) is 6.07 Å². The van der Waals surface area contributed by atoms with Crippen LogP contribution in [0.25, 0.3) is 0 Å². The smallest absolute Gasteiger partial charge is 0.318 e. The first-order chi connectivity index (χ1) is 13.7. The number of benzene rings is 1. The van der Waals surface area contributed by atoms with Crippen LogP contribution in [0.3, 0.4) is 0 Å². The summed E-state index contributed by atoms with van der Waals surface area (Å²) >= 11 is 0. The van der Waals surface area contributed by atoms with Crippen molar-refractivity contribution in [3.8, 4) is 0 Å². The van der Waals surface area contributed by atoms with Gasteiger partial charge in [0.2, 0.25) is 11.8 Å². The summed E-state index contributed by atoms with van der Waals surface area (Å²) in [5.74, 6) is -1.23. The van der Waals surface area contributed by atoms with Gasteiger partial charge in [-0.2, -0.15) is 5.10 Å². The monoisotopic (exact) mass is 403 g/mol. The second-order valence-corrected chi connectivity index (χ2v) is 8.19. The zero-order valence-corrected chi connectivity index (χ0v) is 16.6. The van der Waals surface area contributed by atoms with Gasteiger partial charge in [-0.05, 0) is 44.4 Å². The van der Waals surface area contributed by atoms with Crippen molar-refractivity contribution < 1.29 is 18.0 Å². The molecule has 29 heavy (non-hydrogen) atoms. The van der Waals surface area contributed by atoms with Crippen molar-refractivity contribution in [1.82, 2.24) is 15.2 Å². The Labute approximate surface area is 167 Å². The minimum absolute atomic E-state index is 0.136. The Morgan fingerprint density at radius 2 is 1.93 bits per heavy atom. The number of amides is 1. The summed E-state index contributed by atoms with van der Waals surface area (Å²) in [5.41, 5.74) is 0.0351. The molecule has 2 unspecified atom stereocenters. The first-order valence-electron chi connectivity index (χ1n) is 9.64. The van der Waals surface area contributed by atoms with Crippen LogP contribution in [-0.2, 0) is 4.79 Å². The number of hydrogen-bond acceptors (Lipinski definition) is 6. The molecule has 1 aromatic carbocycles. The number of halogens is 2. The van der Waals surface area contributed by atoms with Crippen LogP contribution in [0.2, 0.25) is 0 Å². The quantitative estimate of drug-likeness (QED) is 0.783. The number of aryl methyl sites for hydroxylation is 1. The third kappa shape index (κ3) is 3.73. The van der Waals surface area contributed by atoms with Gasteiger partial charge < -0.3 is 9.32 Å². The van der Waals surface area contributed by atoms with E-state index in [1.807, 2.05) is 18.7 Å². The summed E-state index contributed by atoms with van der Waals surface area (Å²) in [6.45, 7) is 6.37. The summed E-state index contributed by atoms with van der Waals surface area (Å²) in [6.07, 6.45) is 3.22. The number of anilines is 1. The van der Waals surface area contributed by atoms with E-state index in [4.69, 9.17) is 4.42 Å². The molecular formula is C20H23F2N5O2. The van der Waals surface area contributed by atoms with Crippen molar-refractivity contribution in [3.63, 3.8) is 0 Å². The molecule has 9 heteroatoms. The molecule has 2 aliphatic heterocycles. The molecule has 1 saturated heterocycles. The molecular weight excluding hydrogens is 380 g/mol. The highest BCUT2D eigenvalue weighted by Gasteiger charge is 2.43. The number of nitrogens with zero attached hydrogens (tertiary/aromatic N) is 5. The van der Waals surface area contributed by atoms with Gasteiger partial charge >= 0.3 is 6.01 Å². The fraction of sp³-hybridized carbons (Fsp3) is 0.500. The van der Waals surface area contributed by atoms with E-state index in [2.05, 4.69) is 15.3 Å². The molecule has 0 N–H and O–H groups in total. The summed E-state index contributed by atoms with van der Waals surface area (Å²) < 4.78 is 32.9. The molecule has 4 rings (SSSR count). The van der Waals surface area contributed by atoms with Crippen LogP contribution in [0, 0.1) is 24.5 Å². The van der Waals surface area contributed by atoms with Crippen LogP contribution in [-0.4, -0.2) is 39.4 Å². The Morgan fingerprint density at radius 1 is 1.21 bits per heavy atom. The molecule has 2 aromatic rings. The van der Waals surface area contributed by atoms with Crippen molar-refractivity contribution in [2.24, 2.45) is 11.0 Å². The van der Waals surface area contributed by atoms with Crippen LogP contribution >= 0.6 is 0 Å². The molecule has 2 aliphatic rings. The number of carbonyl (C=O) groups is 1. The molecule has 0 bridgehead atoms. The van der Waals surface area contributed by atoms with Gasteiger partial charge in [0.1, 0.15) is 11.6 Å². The van der Waals surface area contributed by atoms with Crippen LogP contribution < -0.4 is 4.90 Å². The van der Waals surface area contributed by atoms with Crippen molar-refractivity contribution in [3.05, 3.63) is 41.3 Å². The summed E-state index contributed by atoms with van der Waals surface area (Å²) in [4.78, 5) is 15.3. The highest BCUT2D eigenvalue weighted by atomic mass is 19.1. The second kappa shape index (κ2) is 7.20. The normalized spacial score (nSPS) is 23.6. The van der Waals surface area contributed by atoms with Crippen LogP contribution in [0.1, 0.15) is 50.6 Å². The van der Waals surface area contributed by atoms with E-state index in [1.54, 1.807) is 13.1 Å². The van der Waals surface area contributed by atoms with Crippen molar-refractivity contribution in [2.75, 3.05) is 11.4 Å². The number of carbonyl (C=O) groups excluding carboxylic acids is 1. The van der Waals surface area contributed by atoms with Gasteiger partial charge in [-0.25, -0.2) is 13.8 Å². The van der Waals surface area contributed by atoms with Gasteiger partial charge in [-0.3, -0.25) is 4.79 Å². The first kappa shape index (κ1) is 19.5. The highest BCUT2D eigenvalue weighted by molar-refractivity contribution is 5.82. The molecule has 0 saturated carbocycles. The summed E-state index contributed by atoms with van der Waals surface area (Å²) in [7, 11) is 0. The lowest BCUT2D eigenvalue weighted by atomic mass is 9.82. The number of hydrogen-bond donors (Lipinski definition) is 0. The van der Waals surface area contributed by atoms with Crippen LogP contribution in [0.4, 0.5) is 14.8 Å². The molecule has 3 heterocycles. The zero-order chi connectivity index (χ0) is 20.8. The number of rotatable bonds is 3. The van der Waals surface area contributed by atoms with Gasteiger partial charge in [-0.15, -0.1) is 5.10 Å². The maximum atomic E-state index is 13.7. The van der Waals surface area contributed by atoms with E-state index >= 15 is 0 Å². The van der Waals surface area contributed by atoms with Gasteiger partial charge in [0, 0.05) is 43.6 Å². The third-order valence-electron chi connectivity index (χ3n) is 5.60. The second-order valence-electron chi connectivity index (χ2n) is 8.19. The van der Waals surface area contributed by atoms with Gasteiger partial charge in [0.25, 0.3) is 0 Å². The number of aromatic nitrogens is 2. The average molecular weight is 403 g/mol. The standard InChI is InChI=1S/C20H23F2N5O2/c1-12-24-25-19(29-12)26-7-5-13(11-20(26,2)3)18(28)27-17(4-6-23-27)14-8-15(21)10-16(22)9-14/h6,8-10,13,17H,4-5,7,11H2,1-3H3. The summed E-state index contributed by atoms with van der Waals surface area (Å²) in [5, 5.41) is 13.6. The Hall–Kier alpha value is -2.84. The maximum Gasteiger partial charge on any atom is 0.318 e. The van der Waals surface area contributed by atoms with Crippen molar-refractivity contribution in [1.29, 1.82) is 0 Å². The van der Waals surface area contributed by atoms with E-state index in [9.17, 15) is 13.6 Å². The van der Waals surface area contributed by atoms with Crippen LogP contribution in [0.5, 0.6) is 0 Å². The van der Waals surface area contributed by atoms with Crippen LogP contribution in [0.15, 0.2) is 27.7 Å². The lowest BCUT2D eigenvalue weighted by molar-refractivity contribution is -0.138. The Morgan fingerprint density at radius 3 is 2.55 bits per heavy atom. The Bertz CT molecular complexity index is 938. The molecule has 0 spiro atoms. The number of piperidine rings is 1. The molecule has 0 radical (unpaired) electrons. The molecule has 0 aliphatic carbocycles. The molecule has 1 fully saturated rings. The Kier molecular flexibility index (Phi) is 4.84. The van der Waals surface area contributed by atoms with E-state index in [1.165, 1.54) is 17.1 Å². The van der Waals surface area contributed by atoms with Gasteiger partial charge in [0.05, 0.1) is 6.04 Å². The third-order valence-corrected chi connectivity index (χ3v) is 5.60. The lowest BCUT2D eigenvalue weighted by Gasteiger charge is -2.44. The zero-order valence-electron chi connectivity index (χ0n) is 16.6. The predicted octanol–water partition coefficient (Wildman–Crippen LogP) is 3.61. The molecule has 1 amide bonds. The van der Waals surface area contributed by atoms with E-state index in [-0.39, 0.29) is 17.4 Å². The van der Waals surface area contributed by atoms with Crippen molar-refractivity contribution in [2.45, 2.75) is 51.6 Å². The molecule has 154 valence electrons. The first-order valence-corrected chi connectivity index (χ1v) is 9.64. The average Bonchev–Trinajstić information content (AvgIpc) is 3.28. The lowest BCUT2D eigenvalue weighted by Crippen LogP contribution is -2.53. The van der Waals surface area contributed by atoms with Crippen molar-refractivity contribution >= 4 is 18.1 Å². The fourth-order valence-electron chi connectivity index (χ4n) is 4.22. The van der Waals surface area contributed by atoms with Gasteiger partial charge in [-0.1, -0.05) is 5.10 Å². The Balaban J connectivity index is 1.51. The predicted molar refractivity (Wildman–Crippen MR) is 102 cm³/mol. The minimum atomic E-state index is -0.663.